The summed E-state index contributed by atoms with van der Waals surface area (Å²) in [7, 11) is 0. The van der Waals surface area contributed by atoms with Crippen molar-refractivity contribution >= 4 is 39.1 Å². The van der Waals surface area contributed by atoms with Crippen LogP contribution >= 0.6 is 27.3 Å². The number of ether oxygens (including phenoxy) is 1. The van der Waals surface area contributed by atoms with Gasteiger partial charge in [0.2, 0.25) is 0 Å². The number of carbonyl (C=O) groups excluding carboxylic acids is 2. The van der Waals surface area contributed by atoms with Crippen molar-refractivity contribution in [3.05, 3.63) is 20.8 Å². The minimum absolute atomic E-state index is 0.0257. The normalized spacial score (nSPS) is 15.6. The van der Waals surface area contributed by atoms with Crippen LogP contribution in [0.25, 0.3) is 0 Å². The van der Waals surface area contributed by atoms with Crippen LogP contribution < -0.4 is 5.32 Å². The number of halogens is 1. The first-order valence-electron chi connectivity index (χ1n) is 5.87. The van der Waals surface area contributed by atoms with Crippen LogP contribution in [-0.2, 0) is 9.53 Å². The Bertz CT molecular complexity index is 440. The zero-order chi connectivity index (χ0) is 13.0. The Morgan fingerprint density at radius 3 is 2.72 bits per heavy atom. The predicted octanol–water partition coefficient (Wildman–Crippen LogP) is 2.93. The number of thiophene rings is 1. The van der Waals surface area contributed by atoms with Crippen LogP contribution in [0.3, 0.4) is 0 Å². The van der Waals surface area contributed by atoms with E-state index in [0.717, 1.165) is 29.5 Å². The van der Waals surface area contributed by atoms with Gasteiger partial charge in [-0.25, -0.2) is 0 Å². The van der Waals surface area contributed by atoms with E-state index in [9.17, 15) is 9.59 Å². The molecule has 98 valence electrons. The van der Waals surface area contributed by atoms with Crippen molar-refractivity contribution in [3.8, 4) is 0 Å². The second kappa shape index (κ2) is 6.33. The summed E-state index contributed by atoms with van der Waals surface area (Å²) < 4.78 is 5.95. The molecule has 0 atom stereocenters. The van der Waals surface area contributed by atoms with Gasteiger partial charge in [-0.3, -0.25) is 9.59 Å². The molecule has 1 N–H and O–H groups in total. The molecule has 18 heavy (non-hydrogen) atoms. The molecule has 0 bridgehead atoms. The molecule has 0 unspecified atom stereocenters. The summed E-state index contributed by atoms with van der Waals surface area (Å²) in [6.07, 6.45) is 4.00. The smallest absolute Gasteiger partial charge is 0.310 e. The molecule has 0 saturated heterocycles. The molecule has 1 fully saturated rings. The van der Waals surface area contributed by atoms with Crippen molar-refractivity contribution in [2.24, 2.45) is 5.92 Å². The second-order valence-electron chi connectivity index (χ2n) is 4.20. The zero-order valence-corrected chi connectivity index (χ0v) is 12.2. The third-order valence-electron chi connectivity index (χ3n) is 2.93. The molecule has 6 heteroatoms. The fourth-order valence-electron chi connectivity index (χ4n) is 1.98. The highest BCUT2D eigenvalue weighted by molar-refractivity contribution is 9.11. The minimum Gasteiger partial charge on any atom is -0.444 e. The Morgan fingerprint density at radius 1 is 1.39 bits per heavy atom. The predicted molar refractivity (Wildman–Crippen MR) is 72.4 cm³/mol. The first kappa shape index (κ1) is 13.5. The number of amides is 1. The lowest BCUT2D eigenvalue weighted by Gasteiger charge is -2.09. The highest BCUT2D eigenvalue weighted by atomic mass is 79.9. The van der Waals surface area contributed by atoms with Gasteiger partial charge in [-0.15, -0.1) is 11.3 Å². The standard InChI is InChI=1S/C12H14BrNO3S/c13-10-6-5-9(18-10)11(15)14-7-17-12(16)8-3-1-2-4-8/h5-6,8H,1-4,7H2,(H,14,15). The molecule has 0 aliphatic heterocycles. The van der Waals surface area contributed by atoms with Gasteiger partial charge in [0.15, 0.2) is 6.73 Å². The van der Waals surface area contributed by atoms with E-state index in [1.165, 1.54) is 11.3 Å². The molecule has 1 aliphatic rings. The van der Waals surface area contributed by atoms with Crippen LogP contribution in [0.4, 0.5) is 0 Å². The summed E-state index contributed by atoms with van der Waals surface area (Å²) >= 11 is 4.63. The van der Waals surface area contributed by atoms with Crippen molar-refractivity contribution in [2.45, 2.75) is 25.7 Å². The lowest BCUT2D eigenvalue weighted by Crippen LogP contribution is -2.28. The van der Waals surface area contributed by atoms with E-state index in [2.05, 4.69) is 21.2 Å². The van der Waals surface area contributed by atoms with Gasteiger partial charge in [0.05, 0.1) is 14.6 Å². The van der Waals surface area contributed by atoms with Gasteiger partial charge < -0.3 is 10.1 Å². The van der Waals surface area contributed by atoms with Gasteiger partial charge in [-0.05, 0) is 40.9 Å². The summed E-state index contributed by atoms with van der Waals surface area (Å²) in [5.41, 5.74) is 0. The molecule has 1 amide bonds. The van der Waals surface area contributed by atoms with Gasteiger partial charge in [-0.1, -0.05) is 12.8 Å². The third kappa shape index (κ3) is 3.55. The Kier molecular flexibility index (Phi) is 4.77. The molecule has 0 spiro atoms. The van der Waals surface area contributed by atoms with E-state index in [-0.39, 0.29) is 24.5 Å². The number of nitrogens with one attached hydrogen (secondary N) is 1. The fourth-order valence-corrected chi connectivity index (χ4v) is 3.28. The van der Waals surface area contributed by atoms with Crippen LogP contribution in [0.1, 0.15) is 35.4 Å². The summed E-state index contributed by atoms with van der Waals surface area (Å²) in [4.78, 5) is 23.8. The lowest BCUT2D eigenvalue weighted by molar-refractivity contribution is -0.148. The highest BCUT2D eigenvalue weighted by Gasteiger charge is 2.24. The molecular weight excluding hydrogens is 318 g/mol. The largest absolute Gasteiger partial charge is 0.444 e. The SMILES string of the molecule is O=C(NCOC(=O)C1CCCC1)c1ccc(Br)s1. The molecule has 1 heterocycles. The molecule has 1 aliphatic carbocycles. The van der Waals surface area contributed by atoms with Crippen LogP contribution in [0.5, 0.6) is 0 Å². The number of rotatable bonds is 4. The third-order valence-corrected chi connectivity index (χ3v) is 4.56. The summed E-state index contributed by atoms with van der Waals surface area (Å²) in [5, 5.41) is 2.57. The molecule has 2 rings (SSSR count). The summed E-state index contributed by atoms with van der Waals surface area (Å²) in [6, 6.07) is 3.53. The Hall–Kier alpha value is -0.880. The zero-order valence-electron chi connectivity index (χ0n) is 9.78. The quantitative estimate of drug-likeness (QED) is 0.681. The monoisotopic (exact) mass is 331 g/mol. The molecule has 1 saturated carbocycles. The number of hydrogen-bond acceptors (Lipinski definition) is 4. The maximum Gasteiger partial charge on any atom is 0.310 e. The van der Waals surface area contributed by atoms with Crippen molar-refractivity contribution in [2.75, 3.05) is 6.73 Å². The van der Waals surface area contributed by atoms with Crippen molar-refractivity contribution < 1.29 is 14.3 Å². The van der Waals surface area contributed by atoms with E-state index in [1.54, 1.807) is 6.07 Å². The van der Waals surface area contributed by atoms with Gasteiger partial charge in [0.25, 0.3) is 5.91 Å². The van der Waals surface area contributed by atoms with E-state index in [0.29, 0.717) is 4.88 Å². The van der Waals surface area contributed by atoms with Gasteiger partial charge >= 0.3 is 5.97 Å². The van der Waals surface area contributed by atoms with Crippen LogP contribution in [-0.4, -0.2) is 18.6 Å². The molecule has 0 aromatic carbocycles. The lowest BCUT2D eigenvalue weighted by atomic mass is 10.1. The van der Waals surface area contributed by atoms with Crippen LogP contribution in [0, 0.1) is 5.92 Å². The average Bonchev–Trinajstić information content (AvgIpc) is 2.99. The Labute approximate surface area is 118 Å². The average molecular weight is 332 g/mol. The Balaban J connectivity index is 1.71. The van der Waals surface area contributed by atoms with E-state index < -0.39 is 0 Å². The maximum atomic E-state index is 11.6. The van der Waals surface area contributed by atoms with Crippen LogP contribution in [0.15, 0.2) is 15.9 Å². The highest BCUT2D eigenvalue weighted by Crippen LogP contribution is 2.25. The van der Waals surface area contributed by atoms with Crippen molar-refractivity contribution in [1.82, 2.24) is 5.32 Å². The van der Waals surface area contributed by atoms with Gasteiger partial charge in [-0.2, -0.15) is 0 Å². The summed E-state index contributed by atoms with van der Waals surface area (Å²) in [5.74, 6) is -0.386. The Morgan fingerprint density at radius 2 is 2.11 bits per heavy atom. The van der Waals surface area contributed by atoms with Crippen molar-refractivity contribution in [1.29, 1.82) is 0 Å². The first-order chi connectivity index (χ1) is 8.66. The number of esters is 1. The minimum atomic E-state index is -0.218. The van der Waals surface area contributed by atoms with E-state index >= 15 is 0 Å². The van der Waals surface area contributed by atoms with Gasteiger partial charge in [0.1, 0.15) is 0 Å². The number of carbonyl (C=O) groups is 2. The topological polar surface area (TPSA) is 55.4 Å². The molecule has 0 radical (unpaired) electrons. The first-order valence-corrected chi connectivity index (χ1v) is 7.48. The van der Waals surface area contributed by atoms with Gasteiger partial charge in [0, 0.05) is 0 Å². The molecule has 4 nitrogen and oxygen atoms in total. The van der Waals surface area contributed by atoms with E-state index in [4.69, 9.17) is 4.74 Å². The number of hydrogen-bond donors (Lipinski definition) is 1. The summed E-state index contributed by atoms with van der Waals surface area (Å²) in [6.45, 7) is -0.0519. The molecule has 1 aromatic heterocycles. The molecule has 1 aromatic rings. The van der Waals surface area contributed by atoms with Crippen LogP contribution in [0.2, 0.25) is 0 Å². The second-order valence-corrected chi connectivity index (χ2v) is 6.66. The molecular formula is C12H14BrNO3S. The van der Waals surface area contributed by atoms with Crippen molar-refractivity contribution in [3.63, 3.8) is 0 Å². The van der Waals surface area contributed by atoms with E-state index in [1.807, 2.05) is 6.07 Å². The maximum absolute atomic E-state index is 11.6. The fraction of sp³-hybridized carbons (Fsp3) is 0.500.